The van der Waals surface area contributed by atoms with Gasteiger partial charge in [-0.3, -0.25) is 9.98 Å². The Morgan fingerprint density at radius 3 is 1.29 bits per heavy atom. The molecule has 0 atom stereocenters. The highest BCUT2D eigenvalue weighted by atomic mass is 16.3. The molecule has 2 N–H and O–H groups in total. The van der Waals surface area contributed by atoms with Crippen molar-refractivity contribution in [1.82, 2.24) is 0 Å². The van der Waals surface area contributed by atoms with Crippen molar-refractivity contribution in [1.29, 1.82) is 0 Å². The minimum Gasteiger partial charge on any atom is -0.508 e. The summed E-state index contributed by atoms with van der Waals surface area (Å²) in [4.78, 5) is 9.23. The summed E-state index contributed by atoms with van der Waals surface area (Å²) in [6.07, 6.45) is 3.56. The molecule has 4 heteroatoms. The van der Waals surface area contributed by atoms with Crippen LogP contribution in [0.2, 0.25) is 0 Å². The van der Waals surface area contributed by atoms with Crippen LogP contribution in [0.25, 0.3) is 10.8 Å². The SMILES string of the molecule is Oc1ccc(C=Nc2ccc(N=Cc3ccc(O)cc3)c3ccccc23)cc1. The Kier molecular flexibility index (Phi) is 4.85. The number of nitrogens with zero attached hydrogens (tertiary/aromatic N) is 2. The molecule has 0 saturated heterocycles. The second kappa shape index (κ2) is 7.76. The second-order valence-corrected chi connectivity index (χ2v) is 6.35. The molecule has 28 heavy (non-hydrogen) atoms. The van der Waals surface area contributed by atoms with Crippen LogP contribution in [0.3, 0.4) is 0 Å². The fourth-order valence-electron chi connectivity index (χ4n) is 2.90. The third-order valence-electron chi connectivity index (χ3n) is 4.37. The number of rotatable bonds is 4. The van der Waals surface area contributed by atoms with Crippen molar-refractivity contribution in [2.24, 2.45) is 9.98 Å². The summed E-state index contributed by atoms with van der Waals surface area (Å²) in [6, 6.07) is 25.7. The molecule has 0 radical (unpaired) electrons. The molecule has 0 aliphatic heterocycles. The molecule has 0 spiro atoms. The lowest BCUT2D eigenvalue weighted by Gasteiger charge is -2.05. The summed E-state index contributed by atoms with van der Waals surface area (Å²) >= 11 is 0. The Balaban J connectivity index is 1.68. The van der Waals surface area contributed by atoms with Crippen molar-refractivity contribution in [3.05, 3.63) is 96.1 Å². The van der Waals surface area contributed by atoms with Crippen LogP contribution < -0.4 is 0 Å². The minimum absolute atomic E-state index is 0.235. The van der Waals surface area contributed by atoms with E-state index in [2.05, 4.69) is 9.98 Å². The topological polar surface area (TPSA) is 65.2 Å². The molecule has 4 aromatic carbocycles. The number of aliphatic imine (C=N–C) groups is 2. The fourth-order valence-corrected chi connectivity index (χ4v) is 2.90. The first-order valence-electron chi connectivity index (χ1n) is 8.87. The van der Waals surface area contributed by atoms with Gasteiger partial charge in [0.05, 0.1) is 11.4 Å². The Bertz CT molecular complexity index is 1070. The Labute approximate surface area is 162 Å². The molecule has 0 bridgehead atoms. The Morgan fingerprint density at radius 2 is 0.893 bits per heavy atom. The smallest absolute Gasteiger partial charge is 0.115 e. The maximum Gasteiger partial charge on any atom is 0.115 e. The van der Waals surface area contributed by atoms with E-state index in [-0.39, 0.29) is 11.5 Å². The number of benzene rings is 4. The third kappa shape index (κ3) is 3.91. The maximum absolute atomic E-state index is 9.39. The van der Waals surface area contributed by atoms with E-state index < -0.39 is 0 Å². The van der Waals surface area contributed by atoms with E-state index in [1.807, 2.05) is 60.7 Å². The van der Waals surface area contributed by atoms with Crippen molar-refractivity contribution < 1.29 is 10.2 Å². The van der Waals surface area contributed by atoms with Gasteiger partial charge in [0.25, 0.3) is 0 Å². The van der Waals surface area contributed by atoms with E-state index in [0.29, 0.717) is 0 Å². The quantitative estimate of drug-likeness (QED) is 0.452. The van der Waals surface area contributed by atoms with Gasteiger partial charge in [-0.05, 0) is 71.8 Å². The highest BCUT2D eigenvalue weighted by molar-refractivity contribution is 6.02. The second-order valence-electron chi connectivity index (χ2n) is 6.35. The van der Waals surface area contributed by atoms with Gasteiger partial charge in [-0.25, -0.2) is 0 Å². The number of aromatic hydroxyl groups is 2. The molecule has 136 valence electrons. The molecule has 4 rings (SSSR count). The molecule has 0 unspecified atom stereocenters. The number of phenolic OH excluding ortho intramolecular Hbond substituents is 2. The summed E-state index contributed by atoms with van der Waals surface area (Å²) in [7, 11) is 0. The van der Waals surface area contributed by atoms with Gasteiger partial charge in [0.2, 0.25) is 0 Å². The predicted molar refractivity (Wildman–Crippen MR) is 115 cm³/mol. The first-order chi connectivity index (χ1) is 13.7. The molecular weight excluding hydrogens is 348 g/mol. The number of hydrogen-bond donors (Lipinski definition) is 2. The van der Waals surface area contributed by atoms with E-state index in [1.54, 1.807) is 36.7 Å². The van der Waals surface area contributed by atoms with Crippen LogP contribution >= 0.6 is 0 Å². The molecular formula is C24H18N2O2. The van der Waals surface area contributed by atoms with Crippen molar-refractivity contribution in [2.75, 3.05) is 0 Å². The zero-order valence-electron chi connectivity index (χ0n) is 15.0. The van der Waals surface area contributed by atoms with Gasteiger partial charge in [0.15, 0.2) is 0 Å². The highest BCUT2D eigenvalue weighted by Crippen LogP contribution is 2.33. The van der Waals surface area contributed by atoms with E-state index in [9.17, 15) is 10.2 Å². The van der Waals surface area contributed by atoms with Crippen LogP contribution in [0.4, 0.5) is 11.4 Å². The zero-order chi connectivity index (χ0) is 19.3. The van der Waals surface area contributed by atoms with Crippen molar-refractivity contribution in [3.63, 3.8) is 0 Å². The van der Waals surface area contributed by atoms with Crippen LogP contribution in [0, 0.1) is 0 Å². The van der Waals surface area contributed by atoms with Gasteiger partial charge in [-0.15, -0.1) is 0 Å². The van der Waals surface area contributed by atoms with Crippen LogP contribution in [-0.2, 0) is 0 Å². The number of fused-ring (bicyclic) bond motifs is 1. The molecule has 0 fully saturated rings. The van der Waals surface area contributed by atoms with E-state index in [1.165, 1.54) is 0 Å². The molecule has 4 aromatic rings. The first-order valence-corrected chi connectivity index (χ1v) is 8.87. The van der Waals surface area contributed by atoms with Crippen molar-refractivity contribution >= 4 is 34.6 Å². The standard InChI is InChI=1S/C24H18N2O2/c27-19-9-5-17(6-10-19)15-25-23-13-14-24(22-4-2-1-3-21(22)23)26-16-18-7-11-20(28)12-8-18/h1-16,27-28H. The van der Waals surface area contributed by atoms with Crippen LogP contribution in [-0.4, -0.2) is 22.6 Å². The molecule has 0 aliphatic rings. The largest absolute Gasteiger partial charge is 0.508 e. The lowest BCUT2D eigenvalue weighted by Crippen LogP contribution is -1.82. The van der Waals surface area contributed by atoms with Crippen LogP contribution in [0.1, 0.15) is 11.1 Å². The third-order valence-corrected chi connectivity index (χ3v) is 4.37. The van der Waals surface area contributed by atoms with Gasteiger partial charge >= 0.3 is 0 Å². The molecule has 0 amide bonds. The summed E-state index contributed by atoms with van der Waals surface area (Å²) in [5.74, 6) is 0.469. The highest BCUT2D eigenvalue weighted by Gasteiger charge is 2.04. The lowest BCUT2D eigenvalue weighted by molar-refractivity contribution is 0.475. The number of hydrogen-bond acceptors (Lipinski definition) is 4. The molecule has 0 heterocycles. The Hall–Kier alpha value is -3.92. The van der Waals surface area contributed by atoms with Gasteiger partial charge < -0.3 is 10.2 Å². The first kappa shape index (κ1) is 17.5. The van der Waals surface area contributed by atoms with E-state index in [0.717, 1.165) is 33.3 Å². The maximum atomic E-state index is 9.39. The van der Waals surface area contributed by atoms with E-state index >= 15 is 0 Å². The summed E-state index contributed by atoms with van der Waals surface area (Å²) in [5, 5.41) is 20.8. The summed E-state index contributed by atoms with van der Waals surface area (Å²) in [5.41, 5.74) is 3.53. The number of phenols is 2. The summed E-state index contributed by atoms with van der Waals surface area (Å²) in [6.45, 7) is 0. The lowest BCUT2D eigenvalue weighted by atomic mass is 10.1. The molecule has 4 nitrogen and oxygen atoms in total. The Morgan fingerprint density at radius 1 is 0.500 bits per heavy atom. The van der Waals surface area contributed by atoms with Gasteiger partial charge in [-0.2, -0.15) is 0 Å². The van der Waals surface area contributed by atoms with E-state index in [4.69, 9.17) is 0 Å². The minimum atomic E-state index is 0.235. The van der Waals surface area contributed by atoms with Crippen molar-refractivity contribution in [3.8, 4) is 11.5 Å². The van der Waals surface area contributed by atoms with Gasteiger partial charge in [0, 0.05) is 23.2 Å². The fraction of sp³-hybridized carbons (Fsp3) is 0. The van der Waals surface area contributed by atoms with Gasteiger partial charge in [0.1, 0.15) is 11.5 Å². The predicted octanol–water partition coefficient (Wildman–Crippen LogP) is 5.75. The summed E-state index contributed by atoms with van der Waals surface area (Å²) < 4.78 is 0. The molecule has 0 saturated carbocycles. The molecule has 0 aromatic heterocycles. The van der Waals surface area contributed by atoms with Crippen LogP contribution in [0.5, 0.6) is 11.5 Å². The zero-order valence-corrected chi connectivity index (χ0v) is 15.0. The average molecular weight is 366 g/mol. The molecule has 0 aliphatic carbocycles. The monoisotopic (exact) mass is 366 g/mol. The normalized spacial score (nSPS) is 11.6. The van der Waals surface area contributed by atoms with Crippen LogP contribution in [0.15, 0.2) is 94.9 Å². The van der Waals surface area contributed by atoms with Gasteiger partial charge in [-0.1, -0.05) is 24.3 Å². The average Bonchev–Trinajstić information content (AvgIpc) is 2.73. The van der Waals surface area contributed by atoms with Crippen molar-refractivity contribution in [2.45, 2.75) is 0 Å².